The number of benzene rings is 1. The summed E-state index contributed by atoms with van der Waals surface area (Å²) >= 11 is 0. The van der Waals surface area contributed by atoms with Crippen LogP contribution in [0.5, 0.6) is 0 Å². The predicted octanol–water partition coefficient (Wildman–Crippen LogP) is 3.71. The molecule has 0 bridgehead atoms. The standard InChI is InChI=1S/C21H28N2O4/c1-14-6-8-17(9-7-14)21-23-19(15(2)27-21)13-26-18-5-3-4-16(10-18)11-22-12-20(24)25/h6-9,16,18,22H,3-5,10-13H2,1-2H3,(H,24,25). The molecule has 0 spiro atoms. The highest BCUT2D eigenvalue weighted by Gasteiger charge is 2.23. The molecule has 2 aromatic rings. The number of carbonyl (C=O) groups is 1. The van der Waals surface area contributed by atoms with E-state index in [9.17, 15) is 4.79 Å². The normalized spacial score (nSPS) is 19.9. The van der Waals surface area contributed by atoms with E-state index in [1.54, 1.807) is 0 Å². The molecule has 146 valence electrons. The van der Waals surface area contributed by atoms with E-state index in [2.05, 4.69) is 17.2 Å². The van der Waals surface area contributed by atoms with E-state index in [0.717, 1.165) is 49.2 Å². The lowest BCUT2D eigenvalue weighted by atomic mass is 9.87. The number of hydrogen-bond donors (Lipinski definition) is 2. The molecule has 2 atom stereocenters. The molecule has 0 saturated heterocycles. The molecule has 1 aromatic carbocycles. The topological polar surface area (TPSA) is 84.6 Å². The lowest BCUT2D eigenvalue weighted by molar-refractivity contribution is -0.136. The van der Waals surface area contributed by atoms with Gasteiger partial charge in [0.1, 0.15) is 11.5 Å². The molecule has 0 amide bonds. The van der Waals surface area contributed by atoms with Gasteiger partial charge in [-0.2, -0.15) is 0 Å². The van der Waals surface area contributed by atoms with Gasteiger partial charge in [-0.05, 0) is 57.7 Å². The molecule has 1 aromatic heterocycles. The maximum atomic E-state index is 10.6. The third-order valence-electron chi connectivity index (χ3n) is 5.09. The molecular formula is C21H28N2O4. The number of ether oxygens (including phenoxy) is 1. The average molecular weight is 372 g/mol. The number of aryl methyl sites for hydroxylation is 2. The monoisotopic (exact) mass is 372 g/mol. The Hall–Kier alpha value is -2.18. The van der Waals surface area contributed by atoms with Crippen molar-refractivity contribution >= 4 is 5.97 Å². The molecular weight excluding hydrogens is 344 g/mol. The first-order valence-electron chi connectivity index (χ1n) is 9.58. The molecule has 1 aliphatic carbocycles. The van der Waals surface area contributed by atoms with Gasteiger partial charge in [-0.15, -0.1) is 0 Å². The zero-order valence-electron chi connectivity index (χ0n) is 16.0. The van der Waals surface area contributed by atoms with Crippen molar-refractivity contribution in [3.8, 4) is 11.5 Å². The van der Waals surface area contributed by atoms with Crippen molar-refractivity contribution in [2.24, 2.45) is 5.92 Å². The fourth-order valence-corrected chi connectivity index (χ4v) is 3.54. The van der Waals surface area contributed by atoms with Gasteiger partial charge in [0.15, 0.2) is 0 Å². The minimum atomic E-state index is -0.815. The average Bonchev–Trinajstić information content (AvgIpc) is 3.01. The summed E-state index contributed by atoms with van der Waals surface area (Å²) in [5.74, 6) is 1.07. The van der Waals surface area contributed by atoms with Gasteiger partial charge >= 0.3 is 5.97 Å². The third-order valence-corrected chi connectivity index (χ3v) is 5.09. The van der Waals surface area contributed by atoms with Gasteiger partial charge in [-0.3, -0.25) is 4.79 Å². The first-order chi connectivity index (χ1) is 13.0. The van der Waals surface area contributed by atoms with Crippen LogP contribution < -0.4 is 5.32 Å². The van der Waals surface area contributed by atoms with Crippen LogP contribution in [0, 0.1) is 19.8 Å². The molecule has 2 N–H and O–H groups in total. The minimum Gasteiger partial charge on any atom is -0.480 e. The van der Waals surface area contributed by atoms with E-state index in [0.29, 0.717) is 18.4 Å². The number of aromatic nitrogens is 1. The van der Waals surface area contributed by atoms with Crippen LogP contribution >= 0.6 is 0 Å². The predicted molar refractivity (Wildman–Crippen MR) is 102 cm³/mol. The van der Waals surface area contributed by atoms with Gasteiger partial charge in [-0.25, -0.2) is 4.98 Å². The van der Waals surface area contributed by atoms with Crippen LogP contribution in [0.4, 0.5) is 0 Å². The smallest absolute Gasteiger partial charge is 0.317 e. The second-order valence-electron chi connectivity index (χ2n) is 7.38. The SMILES string of the molecule is Cc1ccc(-c2nc(COC3CCCC(CNCC(=O)O)C3)c(C)o2)cc1. The van der Waals surface area contributed by atoms with Crippen LogP contribution in [0.2, 0.25) is 0 Å². The number of carboxylic acids is 1. The lowest BCUT2D eigenvalue weighted by Crippen LogP contribution is -2.33. The number of carboxylic acid groups (broad SMARTS) is 1. The maximum absolute atomic E-state index is 10.6. The third kappa shape index (κ3) is 5.65. The van der Waals surface area contributed by atoms with Crippen LogP contribution in [0.3, 0.4) is 0 Å². The highest BCUT2D eigenvalue weighted by atomic mass is 16.5. The first-order valence-corrected chi connectivity index (χ1v) is 9.58. The molecule has 1 fully saturated rings. The van der Waals surface area contributed by atoms with Crippen LogP contribution in [0.15, 0.2) is 28.7 Å². The van der Waals surface area contributed by atoms with Crippen molar-refractivity contribution in [3.63, 3.8) is 0 Å². The van der Waals surface area contributed by atoms with Crippen molar-refractivity contribution in [2.75, 3.05) is 13.1 Å². The summed E-state index contributed by atoms with van der Waals surface area (Å²) in [6, 6.07) is 8.12. The van der Waals surface area contributed by atoms with Crippen LogP contribution in [0.25, 0.3) is 11.5 Å². The Balaban J connectivity index is 1.52. The number of oxazole rings is 1. The zero-order valence-corrected chi connectivity index (χ0v) is 16.0. The van der Waals surface area contributed by atoms with E-state index in [-0.39, 0.29) is 12.6 Å². The largest absolute Gasteiger partial charge is 0.480 e. The maximum Gasteiger partial charge on any atom is 0.317 e. The molecule has 1 heterocycles. The van der Waals surface area contributed by atoms with Crippen molar-refractivity contribution in [1.29, 1.82) is 0 Å². The van der Waals surface area contributed by atoms with Gasteiger partial charge in [0.05, 0.1) is 19.3 Å². The summed E-state index contributed by atoms with van der Waals surface area (Å²) in [6.45, 7) is 5.16. The van der Waals surface area contributed by atoms with Gasteiger partial charge in [0.2, 0.25) is 5.89 Å². The molecule has 1 aliphatic rings. The van der Waals surface area contributed by atoms with Gasteiger partial charge < -0.3 is 19.6 Å². The Kier molecular flexibility index (Phi) is 6.63. The van der Waals surface area contributed by atoms with Crippen LogP contribution in [0.1, 0.15) is 42.7 Å². The summed E-state index contributed by atoms with van der Waals surface area (Å²) in [4.78, 5) is 15.2. The van der Waals surface area contributed by atoms with Crippen molar-refractivity contribution < 1.29 is 19.1 Å². The number of hydrogen-bond acceptors (Lipinski definition) is 5. The number of rotatable bonds is 8. The van der Waals surface area contributed by atoms with Crippen LogP contribution in [-0.4, -0.2) is 35.3 Å². The Morgan fingerprint density at radius 1 is 1.30 bits per heavy atom. The number of nitrogens with one attached hydrogen (secondary N) is 1. The summed E-state index contributed by atoms with van der Waals surface area (Å²) in [6.07, 6.45) is 4.41. The summed E-state index contributed by atoms with van der Waals surface area (Å²) in [5, 5.41) is 11.7. The first kappa shape index (κ1) is 19.6. The van der Waals surface area contributed by atoms with E-state index in [1.165, 1.54) is 5.56 Å². The molecule has 3 rings (SSSR count). The Labute approximate surface area is 159 Å². The van der Waals surface area contributed by atoms with Gasteiger partial charge in [0, 0.05) is 5.56 Å². The molecule has 0 radical (unpaired) electrons. The summed E-state index contributed by atoms with van der Waals surface area (Å²) < 4.78 is 11.9. The lowest BCUT2D eigenvalue weighted by Gasteiger charge is -2.29. The highest BCUT2D eigenvalue weighted by molar-refractivity contribution is 5.68. The Morgan fingerprint density at radius 3 is 2.81 bits per heavy atom. The fraction of sp³-hybridized carbons (Fsp3) is 0.524. The minimum absolute atomic E-state index is 0.0158. The van der Waals surface area contributed by atoms with Crippen molar-refractivity contribution in [1.82, 2.24) is 10.3 Å². The molecule has 1 saturated carbocycles. The van der Waals surface area contributed by atoms with E-state index in [1.807, 2.05) is 31.2 Å². The molecule has 27 heavy (non-hydrogen) atoms. The van der Waals surface area contributed by atoms with E-state index in [4.69, 9.17) is 14.3 Å². The number of aliphatic carboxylic acids is 1. The molecule has 6 nitrogen and oxygen atoms in total. The van der Waals surface area contributed by atoms with Crippen molar-refractivity contribution in [3.05, 3.63) is 41.3 Å². The van der Waals surface area contributed by atoms with Gasteiger partial charge in [-0.1, -0.05) is 24.1 Å². The second-order valence-corrected chi connectivity index (χ2v) is 7.38. The summed E-state index contributed by atoms with van der Waals surface area (Å²) in [7, 11) is 0. The molecule has 0 aliphatic heterocycles. The highest BCUT2D eigenvalue weighted by Crippen LogP contribution is 2.28. The quantitative estimate of drug-likeness (QED) is 0.735. The Morgan fingerprint density at radius 2 is 2.07 bits per heavy atom. The molecule has 6 heteroatoms. The van der Waals surface area contributed by atoms with Crippen molar-refractivity contribution in [2.45, 2.75) is 52.2 Å². The molecule has 2 unspecified atom stereocenters. The Bertz CT molecular complexity index is 754. The van der Waals surface area contributed by atoms with Crippen LogP contribution in [-0.2, 0) is 16.1 Å². The number of nitrogens with zero attached hydrogens (tertiary/aromatic N) is 1. The van der Waals surface area contributed by atoms with Gasteiger partial charge in [0.25, 0.3) is 0 Å². The zero-order chi connectivity index (χ0) is 19.2. The summed E-state index contributed by atoms with van der Waals surface area (Å²) in [5.41, 5.74) is 3.02. The second kappa shape index (κ2) is 9.15. The van der Waals surface area contributed by atoms with E-state index >= 15 is 0 Å². The fourth-order valence-electron chi connectivity index (χ4n) is 3.54. The van der Waals surface area contributed by atoms with E-state index < -0.39 is 5.97 Å².